The van der Waals surface area contributed by atoms with E-state index in [4.69, 9.17) is 5.84 Å². The molecule has 0 aromatic heterocycles. The average molecular weight is 206 g/mol. The van der Waals surface area contributed by atoms with Gasteiger partial charge in [-0.3, -0.25) is 10.4 Å². The highest BCUT2D eigenvalue weighted by atomic mass is 15.3. The number of rotatable bonds is 3. The molecule has 1 aromatic carbocycles. The molecule has 1 rings (SSSR count). The van der Waals surface area contributed by atoms with Crippen molar-refractivity contribution < 1.29 is 0 Å². The van der Waals surface area contributed by atoms with Gasteiger partial charge in [0.15, 0.2) is 0 Å². The van der Waals surface area contributed by atoms with Crippen LogP contribution in [0.15, 0.2) is 29.3 Å². The van der Waals surface area contributed by atoms with Crippen molar-refractivity contribution in [1.29, 1.82) is 0 Å². The molecule has 0 saturated heterocycles. The first-order valence-corrected chi connectivity index (χ1v) is 5.05. The zero-order valence-corrected chi connectivity index (χ0v) is 9.25. The number of guanidine groups is 1. The van der Waals surface area contributed by atoms with Crippen molar-refractivity contribution in [3.05, 3.63) is 35.4 Å². The number of hydrazine groups is 1. The van der Waals surface area contributed by atoms with Crippen LogP contribution < -0.4 is 16.6 Å². The molecule has 82 valence electrons. The molecule has 0 fully saturated rings. The average Bonchev–Trinajstić information content (AvgIpc) is 2.31. The maximum Gasteiger partial charge on any atom is 0.205 e. The van der Waals surface area contributed by atoms with Crippen LogP contribution in [0.4, 0.5) is 0 Å². The Bertz CT molecular complexity index is 333. The molecule has 0 saturated carbocycles. The molecule has 0 aliphatic carbocycles. The number of hydrogen-bond acceptors (Lipinski definition) is 2. The van der Waals surface area contributed by atoms with E-state index in [0.29, 0.717) is 5.96 Å². The van der Waals surface area contributed by atoms with Crippen LogP contribution in [0.25, 0.3) is 0 Å². The van der Waals surface area contributed by atoms with E-state index in [0.717, 1.165) is 13.0 Å². The Balaban J connectivity index is 2.64. The van der Waals surface area contributed by atoms with Crippen molar-refractivity contribution in [2.24, 2.45) is 10.8 Å². The molecule has 0 spiro atoms. The Morgan fingerprint density at radius 1 is 1.33 bits per heavy atom. The highest BCUT2D eigenvalue weighted by Gasteiger charge is 2.00. The Morgan fingerprint density at radius 3 is 2.53 bits per heavy atom. The molecule has 0 unspecified atom stereocenters. The quantitative estimate of drug-likeness (QED) is 0.296. The molecule has 15 heavy (non-hydrogen) atoms. The molecule has 0 aliphatic heterocycles. The summed E-state index contributed by atoms with van der Waals surface area (Å²) in [5, 5.41) is 3.12. The van der Waals surface area contributed by atoms with Crippen LogP contribution >= 0.6 is 0 Å². The van der Waals surface area contributed by atoms with Crippen molar-refractivity contribution in [3.63, 3.8) is 0 Å². The van der Waals surface area contributed by atoms with E-state index in [9.17, 15) is 0 Å². The summed E-state index contributed by atoms with van der Waals surface area (Å²) in [6.07, 6.45) is 1.03. The van der Waals surface area contributed by atoms with Crippen LogP contribution in [0, 0.1) is 0 Å². The minimum atomic E-state index is 0.598. The zero-order chi connectivity index (χ0) is 11.1. The van der Waals surface area contributed by atoms with Crippen LogP contribution in [-0.2, 0) is 13.0 Å². The number of benzene rings is 1. The molecule has 0 bridgehead atoms. The number of hydrogen-bond donors (Lipinski definition) is 3. The van der Waals surface area contributed by atoms with E-state index in [2.05, 4.69) is 40.9 Å². The Kier molecular flexibility index (Phi) is 4.63. The van der Waals surface area contributed by atoms with E-state index in [1.54, 1.807) is 7.05 Å². The van der Waals surface area contributed by atoms with Crippen molar-refractivity contribution in [3.8, 4) is 0 Å². The summed E-state index contributed by atoms with van der Waals surface area (Å²) >= 11 is 0. The molecule has 0 radical (unpaired) electrons. The van der Waals surface area contributed by atoms with Gasteiger partial charge in [0, 0.05) is 13.6 Å². The van der Waals surface area contributed by atoms with Gasteiger partial charge in [0.1, 0.15) is 0 Å². The van der Waals surface area contributed by atoms with Gasteiger partial charge in [-0.05, 0) is 17.5 Å². The summed E-state index contributed by atoms with van der Waals surface area (Å²) in [5.74, 6) is 5.87. The third-order valence-electron chi connectivity index (χ3n) is 2.31. The Morgan fingerprint density at radius 2 is 2.00 bits per heavy atom. The third kappa shape index (κ3) is 3.25. The number of aryl methyl sites for hydroxylation is 1. The van der Waals surface area contributed by atoms with Gasteiger partial charge in [-0.25, -0.2) is 5.84 Å². The van der Waals surface area contributed by atoms with Crippen LogP contribution in [0.3, 0.4) is 0 Å². The molecule has 4 N–H and O–H groups in total. The predicted molar refractivity (Wildman–Crippen MR) is 63.3 cm³/mol. The Hall–Kier alpha value is -1.55. The fourth-order valence-electron chi connectivity index (χ4n) is 1.45. The summed E-state index contributed by atoms with van der Waals surface area (Å²) in [5.41, 5.74) is 5.12. The topological polar surface area (TPSA) is 62.4 Å². The van der Waals surface area contributed by atoms with Gasteiger partial charge in [0.25, 0.3) is 0 Å². The monoisotopic (exact) mass is 206 g/mol. The molecule has 4 heteroatoms. The first-order chi connectivity index (χ1) is 7.31. The molecule has 0 aliphatic rings. The second kappa shape index (κ2) is 6.03. The fraction of sp³-hybridized carbons (Fsp3) is 0.364. The molecule has 0 atom stereocenters. The Labute approximate surface area is 90.6 Å². The predicted octanol–water partition coefficient (Wildman–Crippen LogP) is 0.788. The molecule has 0 heterocycles. The molecule has 4 nitrogen and oxygen atoms in total. The van der Waals surface area contributed by atoms with E-state index < -0.39 is 0 Å². The number of nitrogens with zero attached hydrogens (tertiary/aromatic N) is 1. The minimum Gasteiger partial charge on any atom is -0.351 e. The lowest BCUT2D eigenvalue weighted by Crippen LogP contribution is -2.41. The summed E-state index contributed by atoms with van der Waals surface area (Å²) in [4.78, 5) is 3.95. The van der Waals surface area contributed by atoms with Crippen molar-refractivity contribution in [2.75, 3.05) is 7.05 Å². The third-order valence-corrected chi connectivity index (χ3v) is 2.31. The first kappa shape index (κ1) is 11.5. The maximum absolute atomic E-state index is 5.27. The van der Waals surface area contributed by atoms with Crippen LogP contribution in [0.1, 0.15) is 18.1 Å². The minimum absolute atomic E-state index is 0.598. The zero-order valence-electron chi connectivity index (χ0n) is 9.25. The lowest BCUT2D eigenvalue weighted by molar-refractivity contribution is 0.830. The summed E-state index contributed by atoms with van der Waals surface area (Å²) in [7, 11) is 1.69. The molecule has 0 amide bonds. The van der Waals surface area contributed by atoms with E-state index in [-0.39, 0.29) is 0 Å². The second-order valence-corrected chi connectivity index (χ2v) is 3.19. The van der Waals surface area contributed by atoms with Gasteiger partial charge >= 0.3 is 0 Å². The van der Waals surface area contributed by atoms with Gasteiger partial charge in [0.05, 0.1) is 0 Å². The lowest BCUT2D eigenvalue weighted by Gasteiger charge is -2.11. The van der Waals surface area contributed by atoms with Gasteiger partial charge in [-0.15, -0.1) is 0 Å². The first-order valence-electron chi connectivity index (χ1n) is 5.05. The number of aliphatic imine (C=N–C) groups is 1. The van der Waals surface area contributed by atoms with Crippen molar-refractivity contribution in [1.82, 2.24) is 10.7 Å². The van der Waals surface area contributed by atoms with Crippen molar-refractivity contribution in [2.45, 2.75) is 19.9 Å². The normalized spacial score (nSPS) is 11.3. The standard InChI is InChI=1S/C11H18N4/c1-3-9-6-4-5-7-10(9)8-14-11(13-2)15-12/h4-7H,3,8,12H2,1-2H3,(H2,13,14,15). The largest absolute Gasteiger partial charge is 0.351 e. The maximum atomic E-state index is 5.27. The van der Waals surface area contributed by atoms with Gasteiger partial charge in [-0.1, -0.05) is 31.2 Å². The van der Waals surface area contributed by atoms with Crippen LogP contribution in [0.5, 0.6) is 0 Å². The summed E-state index contributed by atoms with van der Waals surface area (Å²) < 4.78 is 0. The van der Waals surface area contributed by atoms with Crippen molar-refractivity contribution >= 4 is 5.96 Å². The van der Waals surface area contributed by atoms with Gasteiger partial charge in [0.2, 0.25) is 5.96 Å². The molecular weight excluding hydrogens is 188 g/mol. The number of nitrogens with one attached hydrogen (secondary N) is 2. The SMILES string of the molecule is CCc1ccccc1CNC(=NC)NN. The van der Waals surface area contributed by atoms with E-state index >= 15 is 0 Å². The summed E-state index contributed by atoms with van der Waals surface area (Å²) in [6, 6.07) is 8.33. The van der Waals surface area contributed by atoms with Gasteiger partial charge in [-0.2, -0.15) is 0 Å². The summed E-state index contributed by atoms with van der Waals surface area (Å²) in [6.45, 7) is 2.88. The second-order valence-electron chi connectivity index (χ2n) is 3.19. The molecule has 1 aromatic rings. The highest BCUT2D eigenvalue weighted by Crippen LogP contribution is 2.08. The lowest BCUT2D eigenvalue weighted by atomic mass is 10.1. The number of nitrogens with two attached hydrogens (primary N) is 1. The molecular formula is C11H18N4. The van der Waals surface area contributed by atoms with Gasteiger partial charge < -0.3 is 5.32 Å². The highest BCUT2D eigenvalue weighted by molar-refractivity contribution is 5.78. The fourth-order valence-corrected chi connectivity index (χ4v) is 1.45. The van der Waals surface area contributed by atoms with Crippen LogP contribution in [0.2, 0.25) is 0 Å². The van der Waals surface area contributed by atoms with Crippen LogP contribution in [-0.4, -0.2) is 13.0 Å². The van der Waals surface area contributed by atoms with E-state index in [1.165, 1.54) is 11.1 Å². The smallest absolute Gasteiger partial charge is 0.205 e. The van der Waals surface area contributed by atoms with E-state index in [1.807, 2.05) is 6.07 Å².